The monoisotopic (exact) mass is 494 g/mol. The molecular weight excluding hydrogens is 463 g/mol. The number of hydrogen-bond donors (Lipinski definition) is 2. The highest BCUT2D eigenvalue weighted by Crippen LogP contribution is 2.22. The van der Waals surface area contributed by atoms with Crippen LogP contribution in [0.2, 0.25) is 0 Å². The van der Waals surface area contributed by atoms with Gasteiger partial charge in [0.25, 0.3) is 0 Å². The molecule has 0 radical (unpaired) electrons. The third-order valence-electron chi connectivity index (χ3n) is 4.09. The number of rotatable bonds is 9. The summed E-state index contributed by atoms with van der Waals surface area (Å²) in [5, 5.41) is 3.30. The summed E-state index contributed by atoms with van der Waals surface area (Å²) in [4.78, 5) is 7.10. The number of aliphatic imine (C=N–C) groups is 1. The number of nitrogens with one attached hydrogen (secondary N) is 2. The molecule has 0 saturated heterocycles. The molecule has 2 N–H and O–H groups in total. The van der Waals surface area contributed by atoms with Gasteiger partial charge in [-0.1, -0.05) is 25.5 Å². The Morgan fingerprint density at radius 2 is 1.88 bits per heavy atom. The van der Waals surface area contributed by atoms with E-state index >= 15 is 0 Å². The van der Waals surface area contributed by atoms with Crippen molar-refractivity contribution < 1.29 is 8.42 Å². The Labute approximate surface area is 174 Å². The standard InChI is InChI=1S/C18H30N4O2S.HI/c1-4-6-13-22(3)18(19-5-2)20-14-15-7-11-17(12-8-15)25(23,24)21-16-9-10-16;/h7-8,11-12,16,21H,4-6,9-10,13-14H2,1-3H3,(H,19,20);1H. The maximum absolute atomic E-state index is 12.2. The molecule has 0 aromatic heterocycles. The van der Waals surface area contributed by atoms with Gasteiger partial charge >= 0.3 is 0 Å². The van der Waals surface area contributed by atoms with E-state index in [-0.39, 0.29) is 30.0 Å². The van der Waals surface area contributed by atoms with E-state index in [0.717, 1.165) is 50.3 Å². The summed E-state index contributed by atoms with van der Waals surface area (Å²) in [7, 11) is -1.35. The highest BCUT2D eigenvalue weighted by Gasteiger charge is 2.27. The van der Waals surface area contributed by atoms with E-state index in [2.05, 4.69) is 33.8 Å². The van der Waals surface area contributed by atoms with E-state index in [9.17, 15) is 8.42 Å². The fraction of sp³-hybridized carbons (Fsp3) is 0.611. The molecular formula is C18H31IN4O2S. The van der Waals surface area contributed by atoms with Gasteiger partial charge in [0.2, 0.25) is 10.0 Å². The van der Waals surface area contributed by atoms with E-state index in [1.807, 2.05) is 19.2 Å². The van der Waals surface area contributed by atoms with Crippen molar-refractivity contribution in [3.63, 3.8) is 0 Å². The van der Waals surface area contributed by atoms with Crippen molar-refractivity contribution in [2.45, 2.75) is 57.0 Å². The molecule has 0 heterocycles. The molecule has 8 heteroatoms. The molecule has 0 aliphatic heterocycles. The highest BCUT2D eigenvalue weighted by atomic mass is 127. The number of guanidine groups is 1. The molecule has 1 aromatic carbocycles. The smallest absolute Gasteiger partial charge is 0.240 e. The topological polar surface area (TPSA) is 73.8 Å². The van der Waals surface area contributed by atoms with Gasteiger partial charge in [-0.05, 0) is 43.9 Å². The zero-order chi connectivity index (χ0) is 18.3. The summed E-state index contributed by atoms with van der Waals surface area (Å²) in [5.41, 5.74) is 0.990. The van der Waals surface area contributed by atoms with Gasteiger partial charge in [0.05, 0.1) is 11.4 Å². The molecule has 2 rings (SSSR count). The Morgan fingerprint density at radius 1 is 1.23 bits per heavy atom. The van der Waals surface area contributed by atoms with Crippen molar-refractivity contribution in [1.29, 1.82) is 0 Å². The van der Waals surface area contributed by atoms with Crippen molar-refractivity contribution in [3.8, 4) is 0 Å². The van der Waals surface area contributed by atoms with Crippen molar-refractivity contribution in [2.24, 2.45) is 4.99 Å². The van der Waals surface area contributed by atoms with Crippen LogP contribution in [0.4, 0.5) is 0 Å². The summed E-state index contributed by atoms with van der Waals surface area (Å²) in [6.07, 6.45) is 4.14. The van der Waals surface area contributed by atoms with Crippen LogP contribution in [0.15, 0.2) is 34.2 Å². The normalized spacial score (nSPS) is 14.7. The fourth-order valence-electron chi connectivity index (χ4n) is 2.40. The van der Waals surface area contributed by atoms with Crippen LogP contribution in [0.1, 0.15) is 45.1 Å². The van der Waals surface area contributed by atoms with Crippen molar-refractivity contribution in [2.75, 3.05) is 20.1 Å². The van der Waals surface area contributed by atoms with Crippen LogP contribution < -0.4 is 10.0 Å². The second kappa shape index (κ2) is 11.1. The van der Waals surface area contributed by atoms with Gasteiger partial charge in [-0.2, -0.15) is 0 Å². The number of unbranched alkanes of at least 4 members (excludes halogenated alkanes) is 1. The average Bonchev–Trinajstić information content (AvgIpc) is 3.40. The third-order valence-corrected chi connectivity index (χ3v) is 5.62. The van der Waals surface area contributed by atoms with Gasteiger partial charge in [0.1, 0.15) is 0 Å². The molecule has 0 bridgehead atoms. The van der Waals surface area contributed by atoms with Gasteiger partial charge in [-0.3, -0.25) is 0 Å². The summed E-state index contributed by atoms with van der Waals surface area (Å²) >= 11 is 0. The Hall–Kier alpha value is -0.870. The van der Waals surface area contributed by atoms with Gasteiger partial charge in [-0.25, -0.2) is 18.1 Å². The minimum absolute atomic E-state index is 0. The lowest BCUT2D eigenvalue weighted by Crippen LogP contribution is -2.39. The Balaban J connectivity index is 0.00000338. The predicted octanol–water partition coefficient (Wildman–Crippen LogP) is 2.94. The average molecular weight is 494 g/mol. The molecule has 6 nitrogen and oxygen atoms in total. The number of hydrogen-bond acceptors (Lipinski definition) is 3. The number of halogens is 1. The largest absolute Gasteiger partial charge is 0.357 e. The second-order valence-corrected chi connectivity index (χ2v) is 8.20. The molecule has 1 aliphatic rings. The summed E-state index contributed by atoms with van der Waals surface area (Å²) < 4.78 is 27.1. The van der Waals surface area contributed by atoms with E-state index in [0.29, 0.717) is 11.4 Å². The molecule has 0 amide bonds. The first-order chi connectivity index (χ1) is 12.0. The zero-order valence-corrected chi connectivity index (χ0v) is 19.0. The zero-order valence-electron chi connectivity index (χ0n) is 15.9. The highest BCUT2D eigenvalue weighted by molar-refractivity contribution is 14.0. The van der Waals surface area contributed by atoms with Crippen LogP contribution in [0.3, 0.4) is 0 Å². The molecule has 148 valence electrons. The second-order valence-electron chi connectivity index (χ2n) is 6.48. The molecule has 26 heavy (non-hydrogen) atoms. The number of nitrogens with zero attached hydrogens (tertiary/aromatic N) is 2. The number of benzene rings is 1. The minimum Gasteiger partial charge on any atom is -0.357 e. The van der Waals surface area contributed by atoms with E-state index in [1.165, 1.54) is 0 Å². The number of sulfonamides is 1. The summed E-state index contributed by atoms with van der Waals surface area (Å²) in [6.45, 7) is 6.53. The van der Waals surface area contributed by atoms with Gasteiger partial charge in [0.15, 0.2) is 5.96 Å². The Morgan fingerprint density at radius 3 is 2.42 bits per heavy atom. The van der Waals surface area contributed by atoms with Crippen LogP contribution in [0, 0.1) is 0 Å². The van der Waals surface area contributed by atoms with Crippen molar-refractivity contribution in [3.05, 3.63) is 29.8 Å². The first kappa shape index (κ1) is 23.2. The van der Waals surface area contributed by atoms with Crippen LogP contribution in [0.25, 0.3) is 0 Å². The maximum Gasteiger partial charge on any atom is 0.240 e. The third kappa shape index (κ3) is 7.40. The van der Waals surface area contributed by atoms with Crippen LogP contribution in [-0.4, -0.2) is 45.5 Å². The molecule has 1 fully saturated rings. The molecule has 0 spiro atoms. The first-order valence-electron chi connectivity index (χ1n) is 9.07. The molecule has 0 unspecified atom stereocenters. The molecule has 0 atom stereocenters. The minimum atomic E-state index is -3.38. The summed E-state index contributed by atoms with van der Waals surface area (Å²) in [6, 6.07) is 7.10. The van der Waals surface area contributed by atoms with E-state index < -0.39 is 10.0 Å². The lowest BCUT2D eigenvalue weighted by atomic mass is 10.2. The lowest BCUT2D eigenvalue weighted by molar-refractivity contribution is 0.465. The van der Waals surface area contributed by atoms with E-state index in [1.54, 1.807) is 12.1 Å². The quantitative estimate of drug-likeness (QED) is 0.315. The predicted molar refractivity (Wildman–Crippen MR) is 118 cm³/mol. The molecule has 1 saturated carbocycles. The van der Waals surface area contributed by atoms with Crippen molar-refractivity contribution >= 4 is 40.0 Å². The Bertz CT molecular complexity index is 673. The first-order valence-corrected chi connectivity index (χ1v) is 10.5. The van der Waals surface area contributed by atoms with Gasteiger partial charge in [-0.15, -0.1) is 24.0 Å². The maximum atomic E-state index is 12.2. The van der Waals surface area contributed by atoms with Gasteiger partial charge in [0, 0.05) is 26.2 Å². The van der Waals surface area contributed by atoms with Crippen LogP contribution in [0.5, 0.6) is 0 Å². The van der Waals surface area contributed by atoms with Crippen molar-refractivity contribution in [1.82, 2.24) is 14.9 Å². The Kier molecular flexibility index (Phi) is 9.88. The van der Waals surface area contributed by atoms with E-state index in [4.69, 9.17) is 0 Å². The molecule has 1 aromatic rings. The van der Waals surface area contributed by atoms with Crippen LogP contribution in [-0.2, 0) is 16.6 Å². The summed E-state index contributed by atoms with van der Waals surface area (Å²) in [5.74, 6) is 0.878. The fourth-order valence-corrected chi connectivity index (χ4v) is 3.70. The van der Waals surface area contributed by atoms with Crippen LogP contribution >= 0.6 is 24.0 Å². The van der Waals surface area contributed by atoms with Gasteiger partial charge < -0.3 is 10.2 Å². The SMILES string of the molecule is CCCCN(C)C(=NCc1ccc(S(=O)(=O)NC2CC2)cc1)NCC.I. The molecule has 1 aliphatic carbocycles. The lowest BCUT2D eigenvalue weighted by Gasteiger charge is -2.21.